The van der Waals surface area contributed by atoms with Gasteiger partial charge < -0.3 is 29.6 Å². The van der Waals surface area contributed by atoms with Crippen molar-refractivity contribution in [2.45, 2.75) is 46.7 Å². The molecule has 0 spiro atoms. The molecule has 12 heteroatoms. The average Bonchev–Trinajstić information content (AvgIpc) is 2.86. The zero-order chi connectivity index (χ0) is 28.2. The summed E-state index contributed by atoms with van der Waals surface area (Å²) in [5.74, 6) is 0. The van der Waals surface area contributed by atoms with Crippen molar-refractivity contribution < 1.29 is 14.4 Å². The molecule has 206 valence electrons. The van der Waals surface area contributed by atoms with Crippen molar-refractivity contribution in [1.82, 2.24) is 29.7 Å². The molecule has 4 heterocycles. The third-order valence-corrected chi connectivity index (χ3v) is 8.72. The Bertz CT molecular complexity index is 1790. The summed E-state index contributed by atoms with van der Waals surface area (Å²) in [6.45, 7) is 9.49. The predicted octanol–water partition coefficient (Wildman–Crippen LogP) is 1.55. The van der Waals surface area contributed by atoms with Crippen molar-refractivity contribution in [3.05, 3.63) is 72.0 Å². The van der Waals surface area contributed by atoms with Gasteiger partial charge in [-0.25, -0.2) is 9.97 Å². The number of fused-ring (bicyclic) bond motifs is 6. The van der Waals surface area contributed by atoms with Crippen molar-refractivity contribution >= 4 is 35.0 Å². The fourth-order valence-electron chi connectivity index (χ4n) is 5.48. The molecule has 4 aromatic rings. The molecule has 0 radical (unpaired) electrons. The maximum Gasteiger partial charge on any atom is 0.356 e. The van der Waals surface area contributed by atoms with Crippen LogP contribution in [0.2, 0.25) is 0 Å². The number of aromatic amines is 2. The van der Waals surface area contributed by atoms with Crippen LogP contribution in [0.5, 0.6) is 0 Å². The molecule has 0 bridgehead atoms. The highest BCUT2D eigenvalue weighted by Gasteiger charge is 2.29. The van der Waals surface area contributed by atoms with Crippen LogP contribution in [0.25, 0.3) is 22.1 Å². The molecule has 39 heavy (non-hydrogen) atoms. The molecule has 2 aliphatic rings. The molecule has 4 N–H and O–H groups in total. The number of hydrogen-bond donors (Lipinski definition) is 4. The Morgan fingerprint density at radius 2 is 1.41 bits per heavy atom. The molecule has 0 aliphatic carbocycles. The molecule has 0 atom stereocenters. The molecule has 0 saturated heterocycles. The smallest absolute Gasteiger partial charge is 0.321 e. The minimum atomic E-state index is -4.48. The van der Waals surface area contributed by atoms with Crippen LogP contribution < -0.4 is 16.4 Å². The second-order valence-corrected chi connectivity index (χ2v) is 12.2. The van der Waals surface area contributed by atoms with Crippen molar-refractivity contribution in [1.29, 1.82) is 0 Å². The van der Waals surface area contributed by atoms with E-state index in [1.165, 1.54) is 22.8 Å². The number of H-pyrrole nitrogens is 2. The summed E-state index contributed by atoms with van der Waals surface area (Å²) >= 11 is 0. The molecule has 6 rings (SSSR count). The second kappa shape index (κ2) is 10.1. The lowest BCUT2D eigenvalue weighted by atomic mass is 9.94. The van der Waals surface area contributed by atoms with Gasteiger partial charge in [0, 0.05) is 26.2 Å². The third-order valence-electron chi connectivity index (χ3n) is 7.69. The van der Waals surface area contributed by atoms with Crippen LogP contribution in [0.3, 0.4) is 0 Å². The van der Waals surface area contributed by atoms with E-state index in [-0.39, 0.29) is 10.8 Å². The van der Waals surface area contributed by atoms with Crippen LogP contribution in [-0.2, 0) is 30.5 Å². The lowest BCUT2D eigenvalue weighted by Crippen LogP contribution is -2.34. The second-order valence-electron chi connectivity index (χ2n) is 10.6. The highest BCUT2D eigenvalue weighted by Crippen LogP contribution is 2.38. The molecule has 2 aromatic carbocycles. The van der Waals surface area contributed by atoms with E-state index in [1.807, 2.05) is 25.8 Å². The average molecular weight is 553 g/mol. The van der Waals surface area contributed by atoms with Gasteiger partial charge in [-0.3, -0.25) is 14.2 Å². The fraction of sp³-hybridized carbons (Fsp3) is 0.407. The highest BCUT2D eigenvalue weighted by atomic mass is 31.2. The van der Waals surface area contributed by atoms with E-state index in [0.717, 1.165) is 41.9 Å². The fourth-order valence-corrected chi connectivity index (χ4v) is 6.33. The SMILES string of the molecule is CN1CCc2c(c(P(=O)(O)O)cc3[nH]c(=O)c(=O)[nH]c23)C1.Cc1cc2nc(C)c(C)nc2c2c1CN(C)CC2. The first-order valence-corrected chi connectivity index (χ1v) is 14.4. The quantitative estimate of drug-likeness (QED) is 0.203. The zero-order valence-electron chi connectivity index (χ0n) is 22.8. The summed E-state index contributed by atoms with van der Waals surface area (Å²) in [6.07, 6.45) is 1.62. The van der Waals surface area contributed by atoms with Crippen LogP contribution in [0, 0.1) is 20.8 Å². The van der Waals surface area contributed by atoms with Crippen LogP contribution in [0.15, 0.2) is 21.7 Å². The monoisotopic (exact) mass is 552 g/mol. The van der Waals surface area contributed by atoms with Gasteiger partial charge in [-0.05, 0) is 87.7 Å². The first-order chi connectivity index (χ1) is 18.3. The summed E-state index contributed by atoms with van der Waals surface area (Å²) in [7, 11) is -0.444. The highest BCUT2D eigenvalue weighted by molar-refractivity contribution is 7.60. The van der Waals surface area contributed by atoms with Crippen molar-refractivity contribution in [3.8, 4) is 0 Å². The van der Waals surface area contributed by atoms with E-state index < -0.39 is 18.7 Å². The maximum atomic E-state index is 11.7. The Morgan fingerprint density at radius 1 is 0.821 bits per heavy atom. The number of aromatic nitrogens is 4. The molecular formula is C27H33N6O5P. The van der Waals surface area contributed by atoms with Gasteiger partial charge in [-0.2, -0.15) is 0 Å². The normalized spacial score (nSPS) is 16.1. The standard InChI is InChI=1S/C15H19N3.C12H14N3O5P/c1-9-7-14-15(17-11(3)10(2)16-14)12-5-6-18(4)8-13(9)12;1-15-3-2-6-7(5-15)9(21(18,19)20)4-8-10(6)14-12(17)11(16)13-8/h7H,5-6,8H2,1-4H3;4H,2-3,5H2,1H3,(H,13,16)(H,14,17)(H2,18,19,20). The van der Waals surface area contributed by atoms with Crippen molar-refractivity contribution in [2.75, 3.05) is 27.2 Å². The molecule has 0 amide bonds. The van der Waals surface area contributed by atoms with Crippen molar-refractivity contribution in [3.63, 3.8) is 0 Å². The van der Waals surface area contributed by atoms with Gasteiger partial charge in [0.2, 0.25) is 0 Å². The lowest BCUT2D eigenvalue weighted by molar-refractivity contribution is 0.313. The largest absolute Gasteiger partial charge is 0.356 e. The Kier molecular flexibility index (Phi) is 7.07. The number of likely N-dealkylation sites (N-methyl/N-ethyl adjacent to an activating group) is 2. The van der Waals surface area contributed by atoms with Crippen LogP contribution in [0.4, 0.5) is 0 Å². The Hall–Kier alpha value is -3.21. The number of nitrogens with one attached hydrogen (secondary N) is 2. The number of rotatable bonds is 1. The van der Waals surface area contributed by atoms with Gasteiger partial charge >= 0.3 is 18.7 Å². The lowest BCUT2D eigenvalue weighted by Gasteiger charge is -2.28. The molecule has 0 saturated carbocycles. The van der Waals surface area contributed by atoms with Crippen LogP contribution >= 0.6 is 7.60 Å². The molecule has 0 fully saturated rings. The van der Waals surface area contributed by atoms with Crippen LogP contribution in [0.1, 0.15) is 39.2 Å². The number of hydrogen-bond acceptors (Lipinski definition) is 7. The van der Waals surface area contributed by atoms with E-state index in [4.69, 9.17) is 4.98 Å². The number of nitrogens with zero attached hydrogens (tertiary/aromatic N) is 4. The van der Waals surface area contributed by atoms with E-state index in [1.54, 1.807) is 0 Å². The minimum Gasteiger partial charge on any atom is -0.321 e. The van der Waals surface area contributed by atoms with Crippen LogP contribution in [-0.4, -0.2) is 66.7 Å². The molecule has 2 aromatic heterocycles. The Balaban J connectivity index is 0.000000160. The summed E-state index contributed by atoms with van der Waals surface area (Å²) < 4.78 is 11.7. The summed E-state index contributed by atoms with van der Waals surface area (Å²) in [6, 6.07) is 3.44. The maximum absolute atomic E-state index is 11.7. The van der Waals surface area contributed by atoms with E-state index >= 15 is 0 Å². The predicted molar refractivity (Wildman–Crippen MR) is 151 cm³/mol. The Morgan fingerprint density at radius 3 is 2.08 bits per heavy atom. The Labute approximate surface area is 225 Å². The summed E-state index contributed by atoms with van der Waals surface area (Å²) in [4.78, 5) is 60.7. The zero-order valence-corrected chi connectivity index (χ0v) is 23.6. The number of benzene rings is 2. The van der Waals surface area contributed by atoms with Gasteiger partial charge in [0.1, 0.15) is 0 Å². The summed E-state index contributed by atoms with van der Waals surface area (Å²) in [5, 5.41) is -0.0979. The molecule has 2 aliphatic heterocycles. The number of aryl methyl sites for hydroxylation is 3. The van der Waals surface area contributed by atoms with Gasteiger partial charge in [0.15, 0.2) is 0 Å². The van der Waals surface area contributed by atoms with Gasteiger partial charge in [-0.1, -0.05) is 0 Å². The van der Waals surface area contributed by atoms with Gasteiger partial charge in [-0.15, -0.1) is 0 Å². The first kappa shape index (κ1) is 27.4. The topological polar surface area (TPSA) is 156 Å². The first-order valence-electron chi connectivity index (χ1n) is 12.8. The van der Waals surface area contributed by atoms with Gasteiger partial charge in [0.05, 0.1) is 38.8 Å². The van der Waals surface area contributed by atoms with E-state index in [2.05, 4.69) is 39.9 Å². The van der Waals surface area contributed by atoms with Crippen molar-refractivity contribution in [2.24, 2.45) is 0 Å². The third kappa shape index (κ3) is 5.20. The summed E-state index contributed by atoms with van der Waals surface area (Å²) in [5.41, 5.74) is 8.74. The van der Waals surface area contributed by atoms with E-state index in [0.29, 0.717) is 36.2 Å². The molecular weight excluding hydrogens is 519 g/mol. The minimum absolute atomic E-state index is 0.0979. The molecule has 0 unspecified atom stereocenters. The molecule has 11 nitrogen and oxygen atoms in total. The van der Waals surface area contributed by atoms with Gasteiger partial charge in [0.25, 0.3) is 0 Å². The van der Waals surface area contributed by atoms with E-state index in [9.17, 15) is 23.9 Å².